The van der Waals surface area contributed by atoms with Crippen LogP contribution >= 0.6 is 24.0 Å². The highest BCUT2D eigenvalue weighted by atomic mass is 35.5. The summed E-state index contributed by atoms with van der Waals surface area (Å²) in [5.41, 5.74) is 17.5. The van der Waals surface area contributed by atoms with Gasteiger partial charge in [-0.1, -0.05) is 24.3 Å². The largest absolute Gasteiger partial charge is 0.368 e. The first-order valence-electron chi connectivity index (χ1n) is 16.3. The monoisotopic (exact) mass is 691 g/mol. The van der Waals surface area contributed by atoms with E-state index >= 15 is 0 Å². The highest BCUT2D eigenvalue weighted by Gasteiger charge is 2.36. The van der Waals surface area contributed by atoms with Gasteiger partial charge < -0.3 is 26.7 Å². The molecule has 6 N–H and O–H groups in total. The fourth-order valence-electron chi connectivity index (χ4n) is 6.73. The van der Waals surface area contributed by atoms with E-state index in [9.17, 15) is 9.59 Å². The molecule has 1 aliphatic carbocycles. The van der Waals surface area contributed by atoms with E-state index in [2.05, 4.69) is 38.4 Å². The van der Waals surface area contributed by atoms with Crippen molar-refractivity contribution in [3.8, 4) is 22.5 Å². The number of amides is 2. The van der Waals surface area contributed by atoms with Crippen LogP contribution in [0.15, 0.2) is 60.8 Å². The smallest absolute Gasteiger partial charge is 0.240 e. The van der Waals surface area contributed by atoms with Gasteiger partial charge in [0.15, 0.2) is 5.82 Å². The fourth-order valence-corrected chi connectivity index (χ4v) is 6.85. The fraction of sp³-hybridized carbons (Fsp3) is 0.400. The van der Waals surface area contributed by atoms with Gasteiger partial charge in [0, 0.05) is 61.5 Å². The molecular weight excluding hydrogens is 649 g/mol. The quantitative estimate of drug-likeness (QED) is 0.189. The van der Waals surface area contributed by atoms with Crippen LogP contribution in [-0.4, -0.2) is 70.7 Å². The van der Waals surface area contributed by atoms with E-state index in [1.807, 2.05) is 54.7 Å². The SMILES string of the molecule is Cc1cc(N2CCNCC2)ncc1-c1ccc(C[C@@H](C(N)=O)N(c2ccc(-c3nnc(Cl)[nH]3)cc2)C(=O)[C@H]2CC[C@H](CN)CC2)cc1.Cl. The predicted molar refractivity (Wildman–Crippen MR) is 192 cm³/mol. The van der Waals surface area contributed by atoms with Gasteiger partial charge in [0.25, 0.3) is 0 Å². The number of anilines is 2. The second kappa shape index (κ2) is 15.9. The molecule has 48 heavy (non-hydrogen) atoms. The number of primary amides is 1. The molecule has 1 aliphatic heterocycles. The lowest BCUT2D eigenvalue weighted by Crippen LogP contribution is -2.52. The number of hydrogen-bond acceptors (Lipinski definition) is 8. The molecule has 3 heterocycles. The zero-order chi connectivity index (χ0) is 32.9. The first-order valence-corrected chi connectivity index (χ1v) is 16.7. The summed E-state index contributed by atoms with van der Waals surface area (Å²) >= 11 is 5.93. The zero-order valence-corrected chi connectivity index (χ0v) is 28.6. The highest BCUT2D eigenvalue weighted by Crippen LogP contribution is 2.33. The average Bonchev–Trinajstić information content (AvgIpc) is 3.55. The van der Waals surface area contributed by atoms with Crippen molar-refractivity contribution in [2.24, 2.45) is 23.3 Å². The molecule has 2 fully saturated rings. The van der Waals surface area contributed by atoms with E-state index in [1.54, 1.807) is 4.90 Å². The van der Waals surface area contributed by atoms with Crippen molar-refractivity contribution < 1.29 is 9.59 Å². The van der Waals surface area contributed by atoms with E-state index in [-0.39, 0.29) is 35.9 Å². The normalized spacial score (nSPS) is 18.5. The third kappa shape index (κ3) is 7.98. The Morgan fingerprint density at radius 2 is 1.67 bits per heavy atom. The molecule has 1 saturated heterocycles. The minimum absolute atomic E-state index is 0. The molecule has 1 atom stereocenters. The van der Waals surface area contributed by atoms with Crippen molar-refractivity contribution in [2.45, 2.75) is 45.1 Å². The number of H-pyrrole nitrogens is 1. The number of halogens is 2. The summed E-state index contributed by atoms with van der Waals surface area (Å²) in [7, 11) is 0. The summed E-state index contributed by atoms with van der Waals surface area (Å²) in [6, 6.07) is 16.6. The maximum absolute atomic E-state index is 14.2. The van der Waals surface area contributed by atoms with Crippen molar-refractivity contribution in [1.29, 1.82) is 0 Å². The summed E-state index contributed by atoms with van der Waals surface area (Å²) in [4.78, 5) is 39.0. The Bertz CT molecular complexity index is 1680. The molecule has 0 radical (unpaired) electrons. The van der Waals surface area contributed by atoms with Crippen LogP contribution < -0.4 is 26.6 Å². The van der Waals surface area contributed by atoms with Crippen LogP contribution in [0.4, 0.5) is 11.5 Å². The molecule has 11 nitrogen and oxygen atoms in total. The molecule has 2 amide bonds. The average molecular weight is 693 g/mol. The number of aryl methyl sites for hydroxylation is 1. The number of hydrogen-bond donors (Lipinski definition) is 4. The Kier molecular flexibility index (Phi) is 11.7. The molecule has 1 saturated carbocycles. The third-order valence-corrected chi connectivity index (χ3v) is 9.69. The standard InChI is InChI=1S/C35H42ClN9O2.ClH/c1-22-18-31(44-16-14-39-15-17-44)40-21-29(22)25-6-2-23(3-7-25)19-30(32(38)46)45(34(47)27-8-4-24(20-37)5-9-27)28-12-10-26(11-13-28)33-41-35(36)43-42-33;/h2-3,6-7,10-13,18,21,24,27,30,39H,4-5,8-9,14-17,19-20,37H2,1H3,(H2,38,46)(H,41,42,43);1H/t24-,27-,30-;/m0./s1. The predicted octanol–water partition coefficient (Wildman–Crippen LogP) is 4.52. The highest BCUT2D eigenvalue weighted by molar-refractivity contribution is 6.28. The molecule has 254 valence electrons. The van der Waals surface area contributed by atoms with Gasteiger partial charge in [0.05, 0.1) is 0 Å². The van der Waals surface area contributed by atoms with Gasteiger partial charge >= 0.3 is 0 Å². The number of pyridine rings is 1. The van der Waals surface area contributed by atoms with Crippen LogP contribution in [0, 0.1) is 18.8 Å². The van der Waals surface area contributed by atoms with Crippen molar-refractivity contribution >= 4 is 47.3 Å². The summed E-state index contributed by atoms with van der Waals surface area (Å²) in [5.74, 6) is 1.05. The van der Waals surface area contributed by atoms with Crippen LogP contribution in [0.5, 0.6) is 0 Å². The van der Waals surface area contributed by atoms with Crippen LogP contribution in [-0.2, 0) is 16.0 Å². The minimum atomic E-state index is -0.882. The van der Waals surface area contributed by atoms with Gasteiger partial charge in [0.1, 0.15) is 11.9 Å². The summed E-state index contributed by atoms with van der Waals surface area (Å²) in [5, 5.41) is 11.4. The molecular formula is C35H43Cl2N9O2. The number of nitrogens with two attached hydrogens (primary N) is 2. The summed E-state index contributed by atoms with van der Waals surface area (Å²) in [6.45, 7) is 6.52. The Labute approximate surface area is 292 Å². The van der Waals surface area contributed by atoms with Crippen molar-refractivity contribution in [3.63, 3.8) is 0 Å². The maximum Gasteiger partial charge on any atom is 0.240 e. The number of benzene rings is 2. The lowest BCUT2D eigenvalue weighted by atomic mass is 9.81. The molecule has 13 heteroatoms. The maximum atomic E-state index is 14.2. The second-order valence-corrected chi connectivity index (χ2v) is 12.9. The molecule has 0 unspecified atom stereocenters. The minimum Gasteiger partial charge on any atom is -0.368 e. The molecule has 0 spiro atoms. The van der Waals surface area contributed by atoms with Crippen molar-refractivity contribution in [3.05, 3.63) is 77.2 Å². The Hall–Kier alpha value is -4.03. The first-order chi connectivity index (χ1) is 22.8. The first kappa shape index (κ1) is 35.3. The van der Waals surface area contributed by atoms with Crippen LogP contribution in [0.25, 0.3) is 22.5 Å². The second-order valence-electron chi connectivity index (χ2n) is 12.6. The number of rotatable bonds is 10. The number of nitrogens with zero attached hydrogens (tertiary/aromatic N) is 5. The third-order valence-electron chi connectivity index (χ3n) is 9.52. The molecule has 2 aromatic carbocycles. The van der Waals surface area contributed by atoms with Gasteiger partial charge in [-0.15, -0.1) is 22.6 Å². The number of nitrogens with one attached hydrogen (secondary N) is 2. The molecule has 2 aliphatic rings. The van der Waals surface area contributed by atoms with Gasteiger partial charge in [-0.25, -0.2) is 4.98 Å². The van der Waals surface area contributed by atoms with Crippen molar-refractivity contribution in [2.75, 3.05) is 42.5 Å². The Morgan fingerprint density at radius 3 is 2.25 bits per heavy atom. The topological polar surface area (TPSA) is 159 Å². The van der Waals surface area contributed by atoms with Gasteiger partial charge in [-0.2, -0.15) is 0 Å². The molecule has 6 rings (SSSR count). The van der Waals surface area contributed by atoms with E-state index in [0.717, 1.165) is 85.5 Å². The van der Waals surface area contributed by atoms with E-state index in [1.165, 1.54) is 0 Å². The van der Waals surface area contributed by atoms with Crippen molar-refractivity contribution in [1.82, 2.24) is 25.5 Å². The van der Waals surface area contributed by atoms with E-state index in [0.29, 0.717) is 24.0 Å². The van der Waals surface area contributed by atoms with Crippen LogP contribution in [0.1, 0.15) is 36.8 Å². The number of carbonyl (C=O) groups is 2. The number of aromatic amines is 1. The molecule has 4 aromatic rings. The van der Waals surface area contributed by atoms with Gasteiger partial charge in [-0.05, 0) is 104 Å². The molecule has 2 aromatic heterocycles. The summed E-state index contributed by atoms with van der Waals surface area (Å²) < 4.78 is 0. The Morgan fingerprint density at radius 1 is 1.00 bits per heavy atom. The van der Waals surface area contributed by atoms with Crippen LogP contribution in [0.3, 0.4) is 0 Å². The lowest BCUT2D eigenvalue weighted by molar-refractivity contribution is -0.127. The van der Waals surface area contributed by atoms with Gasteiger partial charge in [0.2, 0.25) is 17.1 Å². The molecule has 0 bridgehead atoms. The number of aromatic nitrogens is 4. The Balaban J connectivity index is 0.00000451. The summed E-state index contributed by atoms with van der Waals surface area (Å²) in [6.07, 6.45) is 5.44. The van der Waals surface area contributed by atoms with E-state index in [4.69, 9.17) is 28.1 Å². The lowest BCUT2D eigenvalue weighted by Gasteiger charge is -2.35. The zero-order valence-electron chi connectivity index (χ0n) is 27.1. The number of piperazine rings is 1. The van der Waals surface area contributed by atoms with Crippen LogP contribution in [0.2, 0.25) is 5.28 Å². The van der Waals surface area contributed by atoms with Gasteiger partial charge in [-0.3, -0.25) is 14.5 Å². The van der Waals surface area contributed by atoms with E-state index < -0.39 is 11.9 Å². The number of carbonyl (C=O) groups excluding carboxylic acids is 2.